The number of carboxylic acids is 1. The van der Waals surface area contributed by atoms with Crippen LogP contribution in [-0.2, 0) is 4.79 Å². The number of halogens is 3. The van der Waals surface area contributed by atoms with Gasteiger partial charge in [0, 0.05) is 12.6 Å². The Morgan fingerprint density at radius 3 is 2.35 bits per heavy atom. The first-order valence-corrected chi connectivity index (χ1v) is 5.78. The third kappa shape index (κ3) is 4.24. The fourth-order valence-electron chi connectivity index (χ4n) is 1.60. The van der Waals surface area contributed by atoms with E-state index in [9.17, 15) is 18.0 Å². The van der Waals surface area contributed by atoms with Gasteiger partial charge in [-0.1, -0.05) is 12.1 Å². The van der Waals surface area contributed by atoms with Crippen LogP contribution < -0.4 is 5.32 Å². The lowest BCUT2D eigenvalue weighted by Crippen LogP contribution is -2.39. The van der Waals surface area contributed by atoms with E-state index >= 15 is 0 Å². The molecule has 0 saturated carbocycles. The van der Waals surface area contributed by atoms with Crippen LogP contribution in [0.25, 0.3) is 0 Å². The number of carboxylic acid groups (broad SMARTS) is 1. The molecule has 2 atom stereocenters. The van der Waals surface area contributed by atoms with E-state index in [0.29, 0.717) is 11.1 Å². The second-order valence-corrected chi connectivity index (χ2v) is 4.30. The molecular formula is C13H13F3N2O2. The Hall–Kier alpha value is -2.07. The monoisotopic (exact) mass is 286 g/mol. The normalized spacial score (nSPS) is 14.3. The molecule has 1 rings (SSSR count). The van der Waals surface area contributed by atoms with Crippen LogP contribution in [0.1, 0.15) is 24.1 Å². The average molecular weight is 286 g/mol. The molecule has 0 aliphatic rings. The van der Waals surface area contributed by atoms with Gasteiger partial charge in [0.1, 0.15) is 0 Å². The van der Waals surface area contributed by atoms with Gasteiger partial charge >= 0.3 is 12.1 Å². The Kier molecular flexibility index (Phi) is 5.11. The fraction of sp³-hybridized carbons (Fsp3) is 0.385. The smallest absolute Gasteiger partial charge is 0.403 e. The van der Waals surface area contributed by atoms with Gasteiger partial charge in [-0.15, -0.1) is 0 Å². The molecule has 7 heteroatoms. The number of hydrogen-bond acceptors (Lipinski definition) is 3. The number of nitrogens with zero attached hydrogens (tertiary/aromatic N) is 1. The Balaban J connectivity index is 2.68. The maximum absolute atomic E-state index is 12.5. The van der Waals surface area contributed by atoms with Crippen LogP contribution in [0.2, 0.25) is 0 Å². The highest BCUT2D eigenvalue weighted by molar-refractivity contribution is 5.71. The summed E-state index contributed by atoms with van der Waals surface area (Å²) in [4.78, 5) is 10.6. The predicted molar refractivity (Wildman–Crippen MR) is 64.8 cm³/mol. The Morgan fingerprint density at radius 2 is 1.95 bits per heavy atom. The number of rotatable bonds is 5. The molecule has 0 aliphatic heterocycles. The molecule has 0 heterocycles. The molecule has 0 aliphatic carbocycles. The van der Waals surface area contributed by atoms with E-state index in [0.717, 1.165) is 0 Å². The molecule has 2 N–H and O–H groups in total. The highest BCUT2D eigenvalue weighted by Crippen LogP contribution is 2.26. The Labute approximate surface area is 113 Å². The van der Waals surface area contributed by atoms with Gasteiger partial charge in [0.25, 0.3) is 0 Å². The summed E-state index contributed by atoms with van der Waals surface area (Å²) < 4.78 is 37.4. The summed E-state index contributed by atoms with van der Waals surface area (Å²) in [5, 5.41) is 19.7. The summed E-state index contributed by atoms with van der Waals surface area (Å²) >= 11 is 0. The maximum Gasteiger partial charge on any atom is 0.403 e. The molecule has 108 valence electrons. The quantitative estimate of drug-likeness (QED) is 0.872. The SMILES string of the molecule is CC(NCC(C(=O)O)C(F)(F)F)c1ccc(C#N)cc1. The zero-order valence-corrected chi connectivity index (χ0v) is 10.6. The molecule has 0 spiro atoms. The van der Waals surface area contributed by atoms with Gasteiger partial charge in [0.05, 0.1) is 11.6 Å². The summed E-state index contributed by atoms with van der Waals surface area (Å²) in [5.74, 6) is -4.35. The molecule has 0 bridgehead atoms. The van der Waals surface area contributed by atoms with Gasteiger partial charge < -0.3 is 10.4 Å². The van der Waals surface area contributed by atoms with Crippen molar-refractivity contribution in [3.8, 4) is 6.07 Å². The van der Waals surface area contributed by atoms with Crippen molar-refractivity contribution < 1.29 is 23.1 Å². The summed E-state index contributed by atoms with van der Waals surface area (Å²) in [7, 11) is 0. The van der Waals surface area contributed by atoms with Gasteiger partial charge in [-0.2, -0.15) is 18.4 Å². The zero-order chi connectivity index (χ0) is 15.3. The molecule has 0 fully saturated rings. The van der Waals surface area contributed by atoms with Crippen molar-refractivity contribution in [1.29, 1.82) is 5.26 Å². The van der Waals surface area contributed by atoms with Gasteiger partial charge in [0.15, 0.2) is 5.92 Å². The highest BCUT2D eigenvalue weighted by Gasteiger charge is 2.44. The molecule has 20 heavy (non-hydrogen) atoms. The van der Waals surface area contributed by atoms with Crippen LogP contribution >= 0.6 is 0 Å². The lowest BCUT2D eigenvalue weighted by atomic mass is 10.0. The molecule has 0 saturated heterocycles. The van der Waals surface area contributed by atoms with E-state index in [1.54, 1.807) is 31.2 Å². The van der Waals surface area contributed by atoms with E-state index in [1.807, 2.05) is 6.07 Å². The standard InChI is InChI=1S/C13H13F3N2O2/c1-8(10-4-2-9(6-17)3-5-10)18-7-11(12(19)20)13(14,15)16/h2-5,8,11,18H,7H2,1H3,(H,19,20). The summed E-state index contributed by atoms with van der Waals surface area (Å²) in [6.45, 7) is 0.913. The van der Waals surface area contributed by atoms with Gasteiger partial charge in [-0.3, -0.25) is 4.79 Å². The van der Waals surface area contributed by atoms with Crippen molar-refractivity contribution in [3.63, 3.8) is 0 Å². The van der Waals surface area contributed by atoms with Gasteiger partial charge in [0.2, 0.25) is 0 Å². The molecular weight excluding hydrogens is 273 g/mol. The predicted octanol–water partition coefficient (Wildman–Crippen LogP) is 2.47. The number of nitriles is 1. The first-order valence-electron chi connectivity index (χ1n) is 5.78. The van der Waals surface area contributed by atoms with E-state index in [2.05, 4.69) is 5.32 Å². The molecule has 1 aromatic carbocycles. The summed E-state index contributed by atoms with van der Waals surface area (Å²) in [5.41, 5.74) is 1.12. The molecule has 0 radical (unpaired) electrons. The molecule has 2 unspecified atom stereocenters. The third-order valence-corrected chi connectivity index (χ3v) is 2.86. The zero-order valence-electron chi connectivity index (χ0n) is 10.6. The number of benzene rings is 1. The third-order valence-electron chi connectivity index (χ3n) is 2.86. The second-order valence-electron chi connectivity index (χ2n) is 4.30. The molecule has 4 nitrogen and oxygen atoms in total. The lowest BCUT2D eigenvalue weighted by Gasteiger charge is -2.20. The Morgan fingerprint density at radius 1 is 1.40 bits per heavy atom. The largest absolute Gasteiger partial charge is 0.481 e. The topological polar surface area (TPSA) is 73.1 Å². The maximum atomic E-state index is 12.5. The van der Waals surface area contributed by atoms with E-state index < -0.39 is 30.7 Å². The van der Waals surface area contributed by atoms with Crippen molar-refractivity contribution in [2.24, 2.45) is 5.92 Å². The van der Waals surface area contributed by atoms with Crippen molar-refractivity contribution >= 4 is 5.97 Å². The minimum Gasteiger partial charge on any atom is -0.481 e. The number of nitrogens with one attached hydrogen (secondary N) is 1. The number of aliphatic carboxylic acids is 1. The number of carbonyl (C=O) groups is 1. The van der Waals surface area contributed by atoms with Crippen LogP contribution in [0.3, 0.4) is 0 Å². The molecule has 0 aromatic heterocycles. The van der Waals surface area contributed by atoms with E-state index in [-0.39, 0.29) is 0 Å². The average Bonchev–Trinajstić information content (AvgIpc) is 2.36. The van der Waals surface area contributed by atoms with Crippen LogP contribution in [0.15, 0.2) is 24.3 Å². The van der Waals surface area contributed by atoms with Gasteiger partial charge in [-0.25, -0.2) is 0 Å². The van der Waals surface area contributed by atoms with Crippen molar-refractivity contribution in [3.05, 3.63) is 35.4 Å². The van der Waals surface area contributed by atoms with Crippen LogP contribution in [-0.4, -0.2) is 23.8 Å². The summed E-state index contributed by atoms with van der Waals surface area (Å²) in [6, 6.07) is 7.80. The van der Waals surface area contributed by atoms with Crippen molar-refractivity contribution in [2.75, 3.05) is 6.54 Å². The number of alkyl halides is 3. The Bertz CT molecular complexity index is 506. The first-order chi connectivity index (χ1) is 9.25. The minimum absolute atomic E-state index is 0.444. The van der Waals surface area contributed by atoms with Gasteiger partial charge in [-0.05, 0) is 24.6 Å². The fourth-order valence-corrected chi connectivity index (χ4v) is 1.60. The van der Waals surface area contributed by atoms with Crippen LogP contribution in [0.4, 0.5) is 13.2 Å². The van der Waals surface area contributed by atoms with Crippen LogP contribution in [0, 0.1) is 17.2 Å². The minimum atomic E-state index is -4.79. The van der Waals surface area contributed by atoms with Crippen molar-refractivity contribution in [2.45, 2.75) is 19.1 Å². The lowest BCUT2D eigenvalue weighted by molar-refractivity contribution is -0.192. The van der Waals surface area contributed by atoms with E-state index in [4.69, 9.17) is 10.4 Å². The second kappa shape index (κ2) is 6.39. The van der Waals surface area contributed by atoms with E-state index in [1.165, 1.54) is 0 Å². The van der Waals surface area contributed by atoms with Crippen LogP contribution in [0.5, 0.6) is 0 Å². The molecule has 1 aromatic rings. The summed E-state index contributed by atoms with van der Waals surface area (Å²) in [6.07, 6.45) is -4.79. The first kappa shape index (κ1) is 16.0. The highest BCUT2D eigenvalue weighted by atomic mass is 19.4. The van der Waals surface area contributed by atoms with Crippen molar-refractivity contribution in [1.82, 2.24) is 5.32 Å². The number of hydrogen-bond donors (Lipinski definition) is 2. The molecule has 0 amide bonds.